The van der Waals surface area contributed by atoms with Crippen molar-refractivity contribution in [1.82, 2.24) is 9.97 Å². The Hall–Kier alpha value is -1.72. The Bertz CT molecular complexity index is 852. The van der Waals surface area contributed by atoms with Gasteiger partial charge in [-0.25, -0.2) is 9.37 Å². The Morgan fingerprint density at radius 2 is 1.84 bits per heavy atom. The van der Waals surface area contributed by atoms with E-state index >= 15 is 0 Å². The van der Waals surface area contributed by atoms with Crippen molar-refractivity contribution in [3.63, 3.8) is 0 Å². The van der Waals surface area contributed by atoms with Crippen molar-refractivity contribution < 1.29 is 22.5 Å². The summed E-state index contributed by atoms with van der Waals surface area (Å²) in [5.41, 5.74) is 12.1. The molecule has 0 radical (unpaired) electrons. The highest BCUT2D eigenvalue weighted by Gasteiger charge is 2.17. The Labute approximate surface area is 153 Å². The fraction of sp³-hybridized carbons (Fsp3) is 0.231. The zero-order valence-corrected chi connectivity index (χ0v) is 15.0. The van der Waals surface area contributed by atoms with Crippen molar-refractivity contribution in [2.24, 2.45) is 0 Å². The number of hydrogen-bond acceptors (Lipinski definition) is 7. The van der Waals surface area contributed by atoms with E-state index in [0.29, 0.717) is 16.1 Å². The molecule has 0 saturated heterocycles. The third-order valence-corrected chi connectivity index (χ3v) is 4.24. The van der Waals surface area contributed by atoms with Gasteiger partial charge >= 0.3 is 0 Å². The highest BCUT2D eigenvalue weighted by molar-refractivity contribution is 7.85. The molecule has 0 bridgehead atoms. The van der Waals surface area contributed by atoms with Crippen LogP contribution in [0.15, 0.2) is 18.2 Å². The summed E-state index contributed by atoms with van der Waals surface area (Å²) < 4.78 is 40.1. The van der Waals surface area contributed by atoms with Crippen LogP contribution in [-0.4, -0.2) is 40.4 Å². The number of anilines is 2. The van der Waals surface area contributed by atoms with E-state index in [0.717, 1.165) is 0 Å². The van der Waals surface area contributed by atoms with Gasteiger partial charge in [-0.3, -0.25) is 4.55 Å². The largest absolute Gasteiger partial charge is 0.395 e. The molecule has 0 unspecified atom stereocenters. The van der Waals surface area contributed by atoms with Gasteiger partial charge in [-0.2, -0.15) is 13.4 Å². The van der Waals surface area contributed by atoms with Crippen LogP contribution in [0.1, 0.15) is 5.69 Å². The smallest absolute Gasteiger partial charge is 0.267 e. The quantitative estimate of drug-likeness (QED) is 0.555. The second kappa shape index (κ2) is 9.11. The molecule has 0 atom stereocenters. The summed E-state index contributed by atoms with van der Waals surface area (Å²) in [7, 11) is -3.92. The number of halogens is 3. The Morgan fingerprint density at radius 3 is 2.32 bits per heavy atom. The molecule has 0 spiro atoms. The average Bonchev–Trinajstić information content (AvgIpc) is 2.49. The molecule has 0 amide bonds. The molecule has 0 aliphatic rings. The molecule has 0 aliphatic carbocycles. The first-order valence-electron chi connectivity index (χ1n) is 6.59. The highest BCUT2D eigenvalue weighted by Crippen LogP contribution is 2.37. The van der Waals surface area contributed by atoms with E-state index in [4.69, 9.17) is 44.3 Å². The average molecular weight is 413 g/mol. The summed E-state index contributed by atoms with van der Waals surface area (Å²) in [5, 5.41) is 8.48. The maximum Gasteiger partial charge on any atom is 0.267 e. The van der Waals surface area contributed by atoms with E-state index in [1.54, 1.807) is 18.2 Å². The first kappa shape index (κ1) is 21.3. The lowest BCUT2D eigenvalue weighted by Crippen LogP contribution is -2.06. The number of aliphatic hydroxyl groups excluding tert-OH is 1. The van der Waals surface area contributed by atoms with Crippen LogP contribution < -0.4 is 11.5 Å². The predicted octanol–water partition coefficient (Wildman–Crippen LogP) is 1.95. The van der Waals surface area contributed by atoms with Crippen LogP contribution in [0.2, 0.25) is 10.0 Å². The minimum atomic E-state index is -3.92. The molecule has 25 heavy (non-hydrogen) atoms. The number of benzene rings is 1. The van der Waals surface area contributed by atoms with Gasteiger partial charge in [0.05, 0.1) is 28.1 Å². The van der Waals surface area contributed by atoms with Gasteiger partial charge in [0.15, 0.2) is 0 Å². The molecule has 1 aromatic heterocycles. The zero-order valence-electron chi connectivity index (χ0n) is 12.7. The molecule has 2 aromatic rings. The fourth-order valence-corrected chi connectivity index (χ4v) is 2.37. The number of rotatable bonds is 4. The number of nitrogens with zero attached hydrogens (tertiary/aromatic N) is 2. The minimum absolute atomic E-state index is 0.0688. The van der Waals surface area contributed by atoms with Gasteiger partial charge in [0.25, 0.3) is 10.1 Å². The topological polar surface area (TPSA) is 152 Å². The fourth-order valence-electron chi connectivity index (χ4n) is 1.75. The molecular weight excluding hydrogens is 398 g/mol. The normalized spacial score (nSPS) is 10.9. The number of aromatic nitrogens is 2. The lowest BCUT2D eigenvalue weighted by Gasteiger charge is -2.11. The Morgan fingerprint density at radius 1 is 1.20 bits per heavy atom. The second-order valence-corrected chi connectivity index (χ2v) is 6.89. The van der Waals surface area contributed by atoms with Gasteiger partial charge in [0.2, 0.25) is 5.95 Å². The molecule has 8 nitrogen and oxygen atoms in total. The number of aliphatic hydroxyl groups is 1. The van der Waals surface area contributed by atoms with Gasteiger partial charge in [-0.05, 0) is 6.07 Å². The van der Waals surface area contributed by atoms with E-state index in [1.165, 1.54) is 0 Å². The van der Waals surface area contributed by atoms with Crippen molar-refractivity contribution in [2.45, 2.75) is 6.67 Å². The number of nitrogens with two attached hydrogens (primary N) is 2. The predicted molar refractivity (Wildman–Crippen MR) is 94.6 cm³/mol. The highest BCUT2D eigenvalue weighted by atomic mass is 35.5. The van der Waals surface area contributed by atoms with Crippen LogP contribution in [0.25, 0.3) is 11.1 Å². The summed E-state index contributed by atoms with van der Waals surface area (Å²) in [4.78, 5) is 7.61. The van der Waals surface area contributed by atoms with Crippen LogP contribution in [0, 0.1) is 0 Å². The first-order valence-corrected chi connectivity index (χ1v) is 8.95. The molecular formula is C13H15Cl2FN4O4S. The van der Waals surface area contributed by atoms with E-state index in [-0.39, 0.29) is 22.5 Å². The number of alkyl halides is 1. The van der Waals surface area contributed by atoms with Crippen LogP contribution in [0.4, 0.5) is 16.2 Å². The Balaban J connectivity index is 0.000000381. The molecule has 0 saturated carbocycles. The third-order valence-electron chi connectivity index (χ3n) is 2.73. The minimum Gasteiger partial charge on any atom is -0.395 e. The maximum atomic E-state index is 13.0. The summed E-state index contributed by atoms with van der Waals surface area (Å²) in [5.74, 6) is -0.589. The molecule has 12 heteroatoms. The molecule has 138 valence electrons. The summed E-state index contributed by atoms with van der Waals surface area (Å²) in [6.07, 6.45) is 0. The maximum absolute atomic E-state index is 13.0. The van der Waals surface area contributed by atoms with Gasteiger partial charge in [-0.1, -0.05) is 35.3 Å². The molecule has 0 fully saturated rings. The van der Waals surface area contributed by atoms with Crippen LogP contribution in [-0.2, 0) is 16.8 Å². The lowest BCUT2D eigenvalue weighted by atomic mass is 10.0. The van der Waals surface area contributed by atoms with Crippen LogP contribution >= 0.6 is 23.2 Å². The van der Waals surface area contributed by atoms with E-state index < -0.39 is 29.2 Å². The van der Waals surface area contributed by atoms with Crippen molar-refractivity contribution >= 4 is 45.1 Å². The van der Waals surface area contributed by atoms with Crippen molar-refractivity contribution in [3.05, 3.63) is 33.9 Å². The molecule has 0 aliphatic heterocycles. The van der Waals surface area contributed by atoms with E-state index in [9.17, 15) is 12.8 Å². The second-order valence-electron chi connectivity index (χ2n) is 4.53. The van der Waals surface area contributed by atoms with Gasteiger partial charge < -0.3 is 16.6 Å². The molecule has 1 aromatic carbocycles. The van der Waals surface area contributed by atoms with Crippen molar-refractivity contribution in [3.8, 4) is 11.1 Å². The Kier molecular flexibility index (Phi) is 7.77. The number of hydrogen-bond donors (Lipinski definition) is 4. The summed E-state index contributed by atoms with van der Waals surface area (Å²) in [6.45, 7) is -1.35. The molecule has 1 heterocycles. The van der Waals surface area contributed by atoms with Gasteiger partial charge in [0.1, 0.15) is 12.5 Å². The van der Waals surface area contributed by atoms with Crippen LogP contribution in [0.3, 0.4) is 0 Å². The van der Waals surface area contributed by atoms with E-state index in [1.807, 2.05) is 0 Å². The monoisotopic (exact) mass is 412 g/mol. The van der Waals surface area contributed by atoms with Gasteiger partial charge in [-0.15, -0.1) is 0 Å². The summed E-state index contributed by atoms with van der Waals surface area (Å²) in [6, 6.07) is 4.97. The van der Waals surface area contributed by atoms with Crippen LogP contribution in [0.5, 0.6) is 0 Å². The van der Waals surface area contributed by atoms with Crippen molar-refractivity contribution in [1.29, 1.82) is 0 Å². The first-order chi connectivity index (χ1) is 11.6. The summed E-state index contributed by atoms with van der Waals surface area (Å²) >= 11 is 12.0. The molecule has 2 rings (SSSR count). The number of nitrogen functional groups attached to an aromatic ring is 2. The van der Waals surface area contributed by atoms with Crippen molar-refractivity contribution in [2.75, 3.05) is 23.8 Å². The van der Waals surface area contributed by atoms with E-state index in [2.05, 4.69) is 9.97 Å². The van der Waals surface area contributed by atoms with Gasteiger partial charge in [0, 0.05) is 11.1 Å². The standard InChI is InChI=1S/C11H9Cl2FN4.C2H6O4S/c12-6-3-1-2-5(9(6)13)8-7(4-14)17-11(16)18-10(8)15;3-1-2-7(4,5)6/h1-3H,4H2,(H4,15,16,17,18);3H,1-2H2,(H,4,5,6). The molecule has 6 N–H and O–H groups in total. The third kappa shape index (κ3) is 6.25. The SMILES string of the molecule is Nc1nc(N)c(-c2cccc(Cl)c2Cl)c(CF)n1.O=S(=O)(O)CCO. The lowest BCUT2D eigenvalue weighted by molar-refractivity contribution is 0.315. The zero-order chi connectivity index (χ0) is 19.2.